The van der Waals surface area contributed by atoms with Crippen LogP contribution in [0.15, 0.2) is 10.7 Å². The molecule has 0 atom stereocenters. The van der Waals surface area contributed by atoms with Crippen LogP contribution in [0.3, 0.4) is 0 Å². The highest BCUT2D eigenvalue weighted by Gasteiger charge is 2.18. The van der Waals surface area contributed by atoms with Crippen LogP contribution in [0.1, 0.15) is 17.7 Å². The van der Waals surface area contributed by atoms with E-state index < -0.39 is 17.9 Å². The zero-order valence-electron chi connectivity index (χ0n) is 6.40. The average molecular weight is 255 g/mol. The smallest absolute Gasteiger partial charge is 0.281 e. The summed E-state index contributed by atoms with van der Waals surface area (Å²) < 4.78 is 37.3. The van der Waals surface area contributed by atoms with Crippen molar-refractivity contribution in [3.8, 4) is 0 Å². The maximum absolute atomic E-state index is 12.9. The highest BCUT2D eigenvalue weighted by Crippen LogP contribution is 2.29. The Bertz CT molecular complexity index is 317. The maximum Gasteiger partial charge on any atom is 0.281 e. The van der Waals surface area contributed by atoms with Gasteiger partial charge in [-0.3, -0.25) is 4.98 Å². The Hall–Kier alpha value is -0.620. The van der Waals surface area contributed by atoms with Gasteiger partial charge in [-0.25, -0.2) is 13.2 Å². The van der Waals surface area contributed by atoms with E-state index in [1.54, 1.807) is 0 Å². The zero-order valence-corrected chi connectivity index (χ0v) is 7.98. The van der Waals surface area contributed by atoms with E-state index in [0.717, 1.165) is 6.20 Å². The van der Waals surface area contributed by atoms with E-state index in [1.807, 2.05) is 0 Å². The van der Waals surface area contributed by atoms with E-state index in [1.165, 1.54) is 0 Å². The van der Waals surface area contributed by atoms with E-state index in [0.29, 0.717) is 0 Å². The Morgan fingerprint density at radius 2 is 2.15 bits per heavy atom. The summed E-state index contributed by atoms with van der Waals surface area (Å²) in [4.78, 5) is 3.26. The summed E-state index contributed by atoms with van der Waals surface area (Å²) in [5, 5.41) is 0. The molecule has 1 rings (SSSR count). The van der Waals surface area contributed by atoms with Crippen LogP contribution in [0.5, 0.6) is 0 Å². The standard InChI is InChI=1S/C7H6BrF3N2/c8-5-3(1-12)4(9)2-13-6(5)7(10)11/h2,7H,1,12H2. The highest BCUT2D eigenvalue weighted by molar-refractivity contribution is 9.10. The van der Waals surface area contributed by atoms with Gasteiger partial charge in [0, 0.05) is 12.1 Å². The van der Waals surface area contributed by atoms with Crippen molar-refractivity contribution in [2.45, 2.75) is 13.0 Å². The predicted octanol–water partition coefficient (Wildman–Crippen LogP) is 2.38. The summed E-state index contributed by atoms with van der Waals surface area (Å²) in [5.74, 6) is -0.682. The molecule has 0 fully saturated rings. The third-order valence-corrected chi connectivity index (χ3v) is 2.39. The first-order valence-corrected chi connectivity index (χ1v) is 4.18. The fourth-order valence-corrected chi connectivity index (χ4v) is 1.49. The number of alkyl halides is 2. The quantitative estimate of drug-likeness (QED) is 0.881. The third kappa shape index (κ3) is 2.00. The van der Waals surface area contributed by atoms with Gasteiger partial charge in [0.05, 0.1) is 10.7 Å². The number of hydrogen-bond donors (Lipinski definition) is 1. The molecule has 0 bridgehead atoms. The van der Waals surface area contributed by atoms with E-state index in [2.05, 4.69) is 20.9 Å². The lowest BCUT2D eigenvalue weighted by Crippen LogP contribution is -2.05. The number of aromatic nitrogens is 1. The van der Waals surface area contributed by atoms with Crippen LogP contribution >= 0.6 is 15.9 Å². The Kier molecular flexibility index (Phi) is 3.27. The molecule has 0 aliphatic heterocycles. The number of rotatable bonds is 2. The van der Waals surface area contributed by atoms with Crippen LogP contribution in [0, 0.1) is 5.82 Å². The van der Waals surface area contributed by atoms with Crippen LogP contribution in [0.25, 0.3) is 0 Å². The Labute approximate surface area is 81.1 Å². The molecule has 0 aromatic carbocycles. The van der Waals surface area contributed by atoms with E-state index in [9.17, 15) is 13.2 Å². The molecule has 13 heavy (non-hydrogen) atoms. The van der Waals surface area contributed by atoms with Crippen LogP contribution in [-0.2, 0) is 6.54 Å². The van der Waals surface area contributed by atoms with Gasteiger partial charge < -0.3 is 5.73 Å². The molecule has 0 aliphatic carbocycles. The molecular weight excluding hydrogens is 249 g/mol. The molecule has 1 aromatic heterocycles. The maximum atomic E-state index is 12.9. The second-order valence-corrected chi connectivity index (χ2v) is 3.08. The Morgan fingerprint density at radius 3 is 2.62 bits per heavy atom. The fourth-order valence-electron chi connectivity index (χ4n) is 0.859. The summed E-state index contributed by atoms with van der Waals surface area (Å²) in [6, 6.07) is 0. The van der Waals surface area contributed by atoms with Crippen molar-refractivity contribution in [2.24, 2.45) is 5.73 Å². The van der Waals surface area contributed by atoms with Crippen LogP contribution in [0.4, 0.5) is 13.2 Å². The minimum absolute atomic E-state index is 0.0188. The lowest BCUT2D eigenvalue weighted by atomic mass is 10.2. The monoisotopic (exact) mass is 254 g/mol. The fraction of sp³-hybridized carbons (Fsp3) is 0.286. The average Bonchev–Trinajstić information content (AvgIpc) is 2.04. The van der Waals surface area contributed by atoms with Gasteiger partial charge in [0.25, 0.3) is 6.43 Å². The summed E-state index contributed by atoms with van der Waals surface area (Å²) in [5.41, 5.74) is 4.71. The molecule has 2 N–H and O–H groups in total. The molecule has 0 unspecified atom stereocenters. The first-order chi connectivity index (χ1) is 6.07. The minimum atomic E-state index is -2.74. The van der Waals surface area contributed by atoms with E-state index in [-0.39, 0.29) is 16.6 Å². The van der Waals surface area contributed by atoms with Crippen molar-refractivity contribution < 1.29 is 13.2 Å². The summed E-state index contributed by atoms with van der Waals surface area (Å²) in [6.45, 7) is -0.144. The molecule has 1 aromatic rings. The molecule has 1 heterocycles. The molecule has 0 aliphatic rings. The minimum Gasteiger partial charge on any atom is -0.326 e. The highest BCUT2D eigenvalue weighted by atomic mass is 79.9. The summed E-state index contributed by atoms with van der Waals surface area (Å²) in [6.07, 6.45) is -1.99. The summed E-state index contributed by atoms with van der Waals surface area (Å²) >= 11 is 2.83. The van der Waals surface area contributed by atoms with Crippen molar-refractivity contribution in [1.29, 1.82) is 0 Å². The molecule has 72 valence electrons. The molecule has 0 radical (unpaired) electrons. The van der Waals surface area contributed by atoms with Crippen molar-refractivity contribution in [2.75, 3.05) is 0 Å². The first-order valence-electron chi connectivity index (χ1n) is 3.39. The summed E-state index contributed by atoms with van der Waals surface area (Å²) in [7, 11) is 0. The van der Waals surface area contributed by atoms with E-state index >= 15 is 0 Å². The van der Waals surface area contributed by atoms with Crippen LogP contribution < -0.4 is 5.73 Å². The third-order valence-electron chi connectivity index (χ3n) is 1.51. The van der Waals surface area contributed by atoms with Gasteiger partial charge in [0.2, 0.25) is 0 Å². The number of nitrogens with zero attached hydrogens (tertiary/aromatic N) is 1. The number of nitrogens with two attached hydrogens (primary N) is 1. The van der Waals surface area contributed by atoms with Crippen molar-refractivity contribution in [1.82, 2.24) is 4.98 Å². The number of halogens is 4. The normalized spacial score (nSPS) is 10.9. The van der Waals surface area contributed by atoms with Gasteiger partial charge in [-0.2, -0.15) is 0 Å². The van der Waals surface area contributed by atoms with Crippen molar-refractivity contribution >= 4 is 15.9 Å². The lowest BCUT2D eigenvalue weighted by Gasteiger charge is -2.07. The van der Waals surface area contributed by atoms with Gasteiger partial charge in [-0.15, -0.1) is 0 Å². The van der Waals surface area contributed by atoms with Crippen molar-refractivity contribution in [3.05, 3.63) is 27.7 Å². The molecule has 0 amide bonds. The van der Waals surface area contributed by atoms with Gasteiger partial charge in [-0.05, 0) is 15.9 Å². The number of pyridine rings is 1. The number of hydrogen-bond acceptors (Lipinski definition) is 2. The van der Waals surface area contributed by atoms with Gasteiger partial charge >= 0.3 is 0 Å². The van der Waals surface area contributed by atoms with Crippen LogP contribution in [-0.4, -0.2) is 4.98 Å². The van der Waals surface area contributed by atoms with Gasteiger partial charge in [-0.1, -0.05) is 0 Å². The largest absolute Gasteiger partial charge is 0.326 e. The molecule has 6 heteroatoms. The molecule has 2 nitrogen and oxygen atoms in total. The molecule has 0 saturated carbocycles. The van der Waals surface area contributed by atoms with Crippen molar-refractivity contribution in [3.63, 3.8) is 0 Å². The Balaban J connectivity index is 3.27. The second-order valence-electron chi connectivity index (χ2n) is 2.29. The first kappa shape index (κ1) is 10.5. The lowest BCUT2D eigenvalue weighted by molar-refractivity contribution is 0.145. The van der Waals surface area contributed by atoms with Crippen LogP contribution in [0.2, 0.25) is 0 Å². The SMILES string of the molecule is NCc1c(F)cnc(C(F)F)c1Br. The molecule has 0 saturated heterocycles. The van der Waals surface area contributed by atoms with Gasteiger partial charge in [0.1, 0.15) is 11.5 Å². The predicted molar refractivity (Wildman–Crippen MR) is 44.7 cm³/mol. The molecular formula is C7H6BrF3N2. The zero-order chi connectivity index (χ0) is 10.0. The van der Waals surface area contributed by atoms with E-state index in [4.69, 9.17) is 5.73 Å². The Morgan fingerprint density at radius 1 is 1.54 bits per heavy atom. The second kappa shape index (κ2) is 4.06. The van der Waals surface area contributed by atoms with Gasteiger partial charge in [0.15, 0.2) is 0 Å². The topological polar surface area (TPSA) is 38.9 Å². The molecule has 0 spiro atoms.